The first kappa shape index (κ1) is 12.0. The van der Waals surface area contributed by atoms with Crippen LogP contribution in [0.3, 0.4) is 0 Å². The van der Waals surface area contributed by atoms with Gasteiger partial charge in [0.15, 0.2) is 0 Å². The van der Waals surface area contributed by atoms with Gasteiger partial charge in [-0.2, -0.15) is 0 Å². The summed E-state index contributed by atoms with van der Waals surface area (Å²) in [5.74, 6) is 1.09. The van der Waals surface area contributed by atoms with E-state index < -0.39 is 0 Å². The Morgan fingerprint density at radius 2 is 2.17 bits per heavy atom. The Labute approximate surface area is 109 Å². The molecule has 0 atom stereocenters. The highest BCUT2D eigenvalue weighted by Gasteiger charge is 2.18. The topological polar surface area (TPSA) is 24.5 Å². The molecule has 98 valence electrons. The lowest BCUT2D eigenvalue weighted by atomic mass is 10.0. The Hall–Kier alpha value is -1.06. The third-order valence-corrected chi connectivity index (χ3v) is 4.16. The number of ether oxygens (including phenoxy) is 1. The minimum absolute atomic E-state index is 0.717. The van der Waals surface area contributed by atoms with E-state index in [0.717, 1.165) is 31.4 Å². The van der Waals surface area contributed by atoms with E-state index >= 15 is 0 Å². The number of hydrogen-bond donors (Lipinski definition) is 1. The van der Waals surface area contributed by atoms with Crippen LogP contribution < -0.4 is 10.1 Å². The standard InChI is InChI=1S/C15H22N2O/c1-16-14-4-7-17(8-5-14)11-12-2-3-15-13(10-12)6-9-18-15/h2-3,10,14,16H,4-9,11H2,1H3. The van der Waals surface area contributed by atoms with E-state index in [1.165, 1.54) is 37.1 Å². The molecule has 3 nitrogen and oxygen atoms in total. The van der Waals surface area contributed by atoms with Crippen molar-refractivity contribution in [3.8, 4) is 5.75 Å². The van der Waals surface area contributed by atoms with E-state index in [1.807, 2.05) is 0 Å². The first-order valence-corrected chi connectivity index (χ1v) is 6.99. The summed E-state index contributed by atoms with van der Waals surface area (Å²) < 4.78 is 5.55. The van der Waals surface area contributed by atoms with Gasteiger partial charge in [-0.25, -0.2) is 0 Å². The Morgan fingerprint density at radius 3 is 2.94 bits per heavy atom. The molecule has 2 aliphatic rings. The van der Waals surface area contributed by atoms with E-state index in [1.54, 1.807) is 0 Å². The number of likely N-dealkylation sites (tertiary alicyclic amines) is 1. The Kier molecular flexibility index (Phi) is 3.52. The van der Waals surface area contributed by atoms with E-state index in [2.05, 4.69) is 35.5 Å². The maximum Gasteiger partial charge on any atom is 0.122 e. The molecule has 1 aromatic rings. The van der Waals surface area contributed by atoms with Gasteiger partial charge in [-0.15, -0.1) is 0 Å². The van der Waals surface area contributed by atoms with Gasteiger partial charge in [0.2, 0.25) is 0 Å². The Bertz CT molecular complexity index is 411. The highest BCUT2D eigenvalue weighted by molar-refractivity contribution is 5.39. The summed E-state index contributed by atoms with van der Waals surface area (Å²) in [7, 11) is 2.07. The van der Waals surface area contributed by atoms with Gasteiger partial charge in [0.05, 0.1) is 6.61 Å². The second-order valence-electron chi connectivity index (χ2n) is 5.38. The van der Waals surface area contributed by atoms with Crippen LogP contribution in [-0.4, -0.2) is 37.7 Å². The normalized spacial score (nSPS) is 20.7. The SMILES string of the molecule is CNC1CCN(Cc2ccc3c(c2)CCO3)CC1. The van der Waals surface area contributed by atoms with Crippen molar-refractivity contribution in [3.05, 3.63) is 29.3 Å². The molecule has 0 saturated carbocycles. The smallest absolute Gasteiger partial charge is 0.122 e. The molecule has 0 amide bonds. The van der Waals surface area contributed by atoms with Crippen molar-refractivity contribution < 1.29 is 4.74 Å². The Balaban J connectivity index is 1.60. The molecule has 3 heteroatoms. The van der Waals surface area contributed by atoms with Crippen LogP contribution in [-0.2, 0) is 13.0 Å². The largest absolute Gasteiger partial charge is 0.493 e. The Morgan fingerprint density at radius 1 is 1.33 bits per heavy atom. The summed E-state index contributed by atoms with van der Waals surface area (Å²) in [6.07, 6.45) is 3.61. The van der Waals surface area contributed by atoms with E-state index in [-0.39, 0.29) is 0 Å². The quantitative estimate of drug-likeness (QED) is 0.880. The third kappa shape index (κ3) is 2.52. The summed E-state index contributed by atoms with van der Waals surface area (Å²) in [6.45, 7) is 4.36. The molecule has 0 spiro atoms. The number of nitrogens with zero attached hydrogens (tertiary/aromatic N) is 1. The van der Waals surface area contributed by atoms with Crippen molar-refractivity contribution in [2.45, 2.75) is 31.8 Å². The first-order chi connectivity index (χ1) is 8.85. The fourth-order valence-corrected chi connectivity index (χ4v) is 2.98. The van der Waals surface area contributed by atoms with E-state index in [4.69, 9.17) is 4.74 Å². The summed E-state index contributed by atoms with van der Waals surface area (Å²) in [5, 5.41) is 3.38. The molecule has 0 aliphatic carbocycles. The van der Waals surface area contributed by atoms with Gasteiger partial charge in [-0.1, -0.05) is 12.1 Å². The third-order valence-electron chi connectivity index (χ3n) is 4.16. The van der Waals surface area contributed by atoms with Crippen LogP contribution in [0.5, 0.6) is 5.75 Å². The second-order valence-corrected chi connectivity index (χ2v) is 5.38. The van der Waals surface area contributed by atoms with Crippen molar-refractivity contribution in [2.75, 3.05) is 26.7 Å². The molecule has 3 rings (SSSR count). The lowest BCUT2D eigenvalue weighted by Crippen LogP contribution is -2.40. The molecule has 0 aromatic heterocycles. The zero-order valence-corrected chi connectivity index (χ0v) is 11.1. The highest BCUT2D eigenvalue weighted by Crippen LogP contribution is 2.26. The van der Waals surface area contributed by atoms with Crippen molar-refractivity contribution in [3.63, 3.8) is 0 Å². The van der Waals surface area contributed by atoms with Gasteiger partial charge in [-0.3, -0.25) is 4.90 Å². The average molecular weight is 246 g/mol. The van der Waals surface area contributed by atoms with Crippen molar-refractivity contribution in [1.82, 2.24) is 10.2 Å². The molecule has 1 N–H and O–H groups in total. The molecule has 2 heterocycles. The van der Waals surface area contributed by atoms with Crippen molar-refractivity contribution in [2.24, 2.45) is 0 Å². The molecular weight excluding hydrogens is 224 g/mol. The van der Waals surface area contributed by atoms with Crippen LogP contribution in [0.4, 0.5) is 0 Å². The average Bonchev–Trinajstić information content (AvgIpc) is 2.87. The van der Waals surface area contributed by atoms with Crippen LogP contribution in [0.1, 0.15) is 24.0 Å². The first-order valence-electron chi connectivity index (χ1n) is 6.99. The number of rotatable bonds is 3. The number of hydrogen-bond acceptors (Lipinski definition) is 3. The van der Waals surface area contributed by atoms with Crippen LogP contribution in [0.25, 0.3) is 0 Å². The number of nitrogens with one attached hydrogen (secondary N) is 1. The van der Waals surface area contributed by atoms with Crippen molar-refractivity contribution in [1.29, 1.82) is 0 Å². The number of benzene rings is 1. The predicted molar refractivity (Wildman–Crippen MR) is 73.0 cm³/mol. The van der Waals surface area contributed by atoms with Gasteiger partial charge in [-0.05, 0) is 50.2 Å². The summed E-state index contributed by atoms with van der Waals surface area (Å²) in [5.41, 5.74) is 2.82. The molecule has 1 fully saturated rings. The lowest BCUT2D eigenvalue weighted by Gasteiger charge is -2.31. The van der Waals surface area contributed by atoms with Gasteiger partial charge in [0.25, 0.3) is 0 Å². The van der Waals surface area contributed by atoms with Crippen LogP contribution in [0, 0.1) is 0 Å². The van der Waals surface area contributed by atoms with E-state index in [0.29, 0.717) is 0 Å². The van der Waals surface area contributed by atoms with Gasteiger partial charge >= 0.3 is 0 Å². The lowest BCUT2D eigenvalue weighted by molar-refractivity contribution is 0.194. The van der Waals surface area contributed by atoms with Gasteiger partial charge in [0, 0.05) is 19.0 Å². The minimum atomic E-state index is 0.717. The van der Waals surface area contributed by atoms with Crippen LogP contribution in [0.15, 0.2) is 18.2 Å². The fourth-order valence-electron chi connectivity index (χ4n) is 2.98. The van der Waals surface area contributed by atoms with Crippen molar-refractivity contribution >= 4 is 0 Å². The molecule has 0 radical (unpaired) electrons. The van der Waals surface area contributed by atoms with Gasteiger partial charge < -0.3 is 10.1 Å². The summed E-state index contributed by atoms with van der Waals surface area (Å²) in [6, 6.07) is 7.40. The van der Waals surface area contributed by atoms with E-state index in [9.17, 15) is 0 Å². The summed E-state index contributed by atoms with van der Waals surface area (Å²) in [4.78, 5) is 2.56. The molecule has 1 aromatic carbocycles. The monoisotopic (exact) mass is 246 g/mol. The molecule has 18 heavy (non-hydrogen) atoms. The zero-order chi connectivity index (χ0) is 12.4. The molecule has 0 unspecified atom stereocenters. The molecule has 0 bridgehead atoms. The summed E-state index contributed by atoms with van der Waals surface area (Å²) >= 11 is 0. The number of piperidine rings is 1. The predicted octanol–water partition coefficient (Wildman–Crippen LogP) is 1.81. The molecule has 2 aliphatic heterocycles. The maximum atomic E-state index is 5.55. The maximum absolute atomic E-state index is 5.55. The molecule has 1 saturated heterocycles. The fraction of sp³-hybridized carbons (Fsp3) is 0.600. The highest BCUT2D eigenvalue weighted by atomic mass is 16.5. The van der Waals surface area contributed by atoms with Crippen LogP contribution in [0.2, 0.25) is 0 Å². The zero-order valence-electron chi connectivity index (χ0n) is 11.1. The second kappa shape index (κ2) is 5.29. The minimum Gasteiger partial charge on any atom is -0.493 e. The molecular formula is C15H22N2O. The number of fused-ring (bicyclic) bond motifs is 1. The van der Waals surface area contributed by atoms with Gasteiger partial charge in [0.1, 0.15) is 5.75 Å². The van der Waals surface area contributed by atoms with Crippen LogP contribution >= 0.6 is 0 Å².